The molecule has 1 aromatic carbocycles. The van der Waals surface area contributed by atoms with Crippen molar-refractivity contribution in [2.45, 2.75) is 18.7 Å². The molecule has 1 unspecified atom stereocenters. The van der Waals surface area contributed by atoms with Gasteiger partial charge >= 0.3 is 6.18 Å². The Kier molecular flexibility index (Phi) is 4.52. The van der Waals surface area contributed by atoms with E-state index < -0.39 is 30.1 Å². The lowest BCUT2D eigenvalue weighted by molar-refractivity contribution is -0.237. The Labute approximate surface area is 136 Å². The molecule has 8 heteroatoms. The molecule has 132 valence electrons. The minimum atomic E-state index is -4.50. The topological polar surface area (TPSA) is 41.6 Å². The Morgan fingerprint density at radius 3 is 2.62 bits per heavy atom. The molecule has 0 aliphatic carbocycles. The fourth-order valence-corrected chi connectivity index (χ4v) is 3.15. The second-order valence-corrected chi connectivity index (χ2v) is 6.30. The molecule has 2 fully saturated rings. The van der Waals surface area contributed by atoms with Crippen LogP contribution in [0.2, 0.25) is 0 Å². The largest absolute Gasteiger partial charge is 0.416 e. The zero-order valence-corrected chi connectivity index (χ0v) is 12.9. The lowest BCUT2D eigenvalue weighted by atomic mass is 9.74. The Hall–Kier alpha value is -1.67. The molecular weight excluding hydrogens is 328 g/mol. The van der Waals surface area contributed by atoms with Crippen LogP contribution in [0, 0.1) is 11.2 Å². The van der Waals surface area contributed by atoms with Crippen molar-refractivity contribution in [1.29, 1.82) is 0 Å². The average Bonchev–Trinajstić information content (AvgIpc) is 2.51. The lowest BCUT2D eigenvalue weighted by Crippen LogP contribution is -2.65. The van der Waals surface area contributed by atoms with E-state index in [0.29, 0.717) is 18.7 Å². The maximum Gasteiger partial charge on any atom is 0.416 e. The molecule has 3 rings (SSSR count). The quantitative estimate of drug-likeness (QED) is 0.848. The van der Waals surface area contributed by atoms with E-state index in [0.717, 1.165) is 0 Å². The van der Waals surface area contributed by atoms with Gasteiger partial charge in [-0.2, -0.15) is 13.2 Å². The summed E-state index contributed by atoms with van der Waals surface area (Å²) in [4.78, 5) is 14.0. The molecule has 0 radical (unpaired) electrons. The smallest absolute Gasteiger partial charge is 0.365 e. The molecular formula is C16H18F4N2O2. The lowest BCUT2D eigenvalue weighted by Gasteiger charge is -2.46. The molecule has 2 aliphatic rings. The van der Waals surface area contributed by atoms with E-state index in [-0.39, 0.29) is 25.5 Å². The first kappa shape index (κ1) is 17.2. The minimum Gasteiger partial charge on any atom is -0.365 e. The predicted octanol–water partition coefficient (Wildman–Crippen LogP) is 1.75. The van der Waals surface area contributed by atoms with Crippen LogP contribution in [0.4, 0.5) is 17.6 Å². The van der Waals surface area contributed by atoms with Crippen LogP contribution in [0.1, 0.15) is 5.56 Å². The number of ether oxygens (including phenoxy) is 1. The molecule has 2 saturated heterocycles. The molecule has 1 aromatic rings. The summed E-state index contributed by atoms with van der Waals surface area (Å²) >= 11 is 0. The molecule has 2 heterocycles. The van der Waals surface area contributed by atoms with E-state index in [4.69, 9.17) is 4.74 Å². The number of alkyl halides is 3. The van der Waals surface area contributed by atoms with Gasteiger partial charge in [-0.25, -0.2) is 4.39 Å². The first-order chi connectivity index (χ1) is 11.3. The molecule has 0 saturated carbocycles. The van der Waals surface area contributed by atoms with Gasteiger partial charge in [0.05, 0.1) is 18.6 Å². The van der Waals surface area contributed by atoms with Gasteiger partial charge in [-0.15, -0.1) is 0 Å². The number of carbonyl (C=O) groups is 1. The van der Waals surface area contributed by atoms with Crippen molar-refractivity contribution in [2.24, 2.45) is 5.41 Å². The van der Waals surface area contributed by atoms with E-state index in [1.165, 1.54) is 11.0 Å². The molecule has 4 nitrogen and oxygen atoms in total. The highest BCUT2D eigenvalue weighted by Gasteiger charge is 2.50. The number of amides is 1. The van der Waals surface area contributed by atoms with E-state index in [2.05, 4.69) is 5.32 Å². The molecule has 0 spiro atoms. The van der Waals surface area contributed by atoms with Crippen LogP contribution in [0.15, 0.2) is 24.3 Å². The molecule has 1 atom stereocenters. The van der Waals surface area contributed by atoms with E-state index in [9.17, 15) is 22.4 Å². The van der Waals surface area contributed by atoms with Gasteiger partial charge in [0.2, 0.25) is 5.91 Å². The number of morpholine rings is 1. The summed E-state index contributed by atoms with van der Waals surface area (Å²) in [5.41, 5.74) is -0.497. The highest BCUT2D eigenvalue weighted by Crippen LogP contribution is 2.33. The highest BCUT2D eigenvalue weighted by molar-refractivity contribution is 5.85. The van der Waals surface area contributed by atoms with E-state index in [1.807, 2.05) is 0 Å². The van der Waals surface area contributed by atoms with Gasteiger partial charge in [0.1, 0.15) is 5.82 Å². The first-order valence-electron chi connectivity index (χ1n) is 7.74. The third kappa shape index (κ3) is 3.25. The summed E-state index contributed by atoms with van der Waals surface area (Å²) in [7, 11) is 0. The number of hydrogen-bond donors (Lipinski definition) is 1. The van der Waals surface area contributed by atoms with Crippen molar-refractivity contribution in [2.75, 3.05) is 32.8 Å². The summed E-state index contributed by atoms with van der Waals surface area (Å²) in [5.74, 6) is -0.784. The highest BCUT2D eigenvalue weighted by atomic mass is 19.4. The van der Waals surface area contributed by atoms with Crippen molar-refractivity contribution in [1.82, 2.24) is 10.2 Å². The Balaban J connectivity index is 1.75. The number of nitrogens with one attached hydrogen (secondary N) is 1. The molecule has 24 heavy (non-hydrogen) atoms. The monoisotopic (exact) mass is 346 g/mol. The number of carbonyl (C=O) groups excluding carboxylic acids is 1. The van der Waals surface area contributed by atoms with Crippen molar-refractivity contribution >= 4 is 5.91 Å². The van der Waals surface area contributed by atoms with Gasteiger partial charge in [-0.3, -0.25) is 4.79 Å². The number of nitrogens with zero attached hydrogens (tertiary/aromatic N) is 1. The molecule has 1 N–H and O–H groups in total. The summed E-state index contributed by atoms with van der Waals surface area (Å²) in [6.45, 7) is 0.104. The van der Waals surface area contributed by atoms with Crippen LogP contribution in [0.25, 0.3) is 0 Å². The van der Waals surface area contributed by atoms with Crippen LogP contribution in [0.5, 0.6) is 0 Å². The number of halogens is 4. The maximum atomic E-state index is 13.9. The van der Waals surface area contributed by atoms with Crippen LogP contribution >= 0.6 is 0 Å². The first-order valence-corrected chi connectivity index (χ1v) is 7.74. The van der Waals surface area contributed by atoms with E-state index >= 15 is 0 Å². The van der Waals surface area contributed by atoms with Gasteiger partial charge < -0.3 is 15.0 Å². The molecule has 1 amide bonds. The number of rotatable bonds is 3. The van der Waals surface area contributed by atoms with Gasteiger partial charge in [0.25, 0.3) is 0 Å². The average molecular weight is 346 g/mol. The molecule has 2 aliphatic heterocycles. The standard InChI is InChI=1S/C16H18F4N2O2/c17-12-4-2-1-3-11(12)7-15(9-21-10-15)14(23)22-5-6-24-13(8-22)16(18,19)20/h1-4,13,21H,5-10H2. The fourth-order valence-electron chi connectivity index (χ4n) is 3.15. The summed E-state index contributed by atoms with van der Waals surface area (Å²) in [6, 6.07) is 6.15. The summed E-state index contributed by atoms with van der Waals surface area (Å²) in [5, 5.41) is 2.98. The van der Waals surface area contributed by atoms with Gasteiger partial charge in [-0.1, -0.05) is 18.2 Å². The molecule has 0 aromatic heterocycles. The summed E-state index contributed by atoms with van der Waals surface area (Å²) in [6.07, 6.45) is -6.30. The predicted molar refractivity (Wildman–Crippen MR) is 77.8 cm³/mol. The molecule has 0 bridgehead atoms. The normalized spacial score (nSPS) is 23.7. The fraction of sp³-hybridized carbons (Fsp3) is 0.562. The zero-order chi connectivity index (χ0) is 17.4. The number of benzene rings is 1. The second kappa shape index (κ2) is 6.33. The zero-order valence-electron chi connectivity index (χ0n) is 12.9. The third-order valence-electron chi connectivity index (χ3n) is 4.59. The third-order valence-corrected chi connectivity index (χ3v) is 4.59. The second-order valence-electron chi connectivity index (χ2n) is 6.30. The van der Waals surface area contributed by atoms with Crippen LogP contribution in [-0.2, 0) is 16.0 Å². The van der Waals surface area contributed by atoms with Crippen molar-refractivity contribution in [3.8, 4) is 0 Å². The van der Waals surface area contributed by atoms with Crippen molar-refractivity contribution < 1.29 is 27.1 Å². The van der Waals surface area contributed by atoms with Crippen LogP contribution in [-0.4, -0.2) is 55.9 Å². The summed E-state index contributed by atoms with van der Waals surface area (Å²) < 4.78 is 57.2. The van der Waals surface area contributed by atoms with Crippen molar-refractivity contribution in [3.63, 3.8) is 0 Å². The number of hydrogen-bond acceptors (Lipinski definition) is 3. The van der Waals surface area contributed by atoms with Crippen molar-refractivity contribution in [3.05, 3.63) is 35.6 Å². The minimum absolute atomic E-state index is 0.116. The SMILES string of the molecule is O=C(N1CCOC(C(F)(F)F)C1)C1(Cc2ccccc2F)CNC1. The Bertz CT molecular complexity index is 616. The van der Waals surface area contributed by atoms with Gasteiger partial charge in [-0.05, 0) is 18.1 Å². The van der Waals surface area contributed by atoms with Gasteiger partial charge in [0.15, 0.2) is 6.10 Å². The van der Waals surface area contributed by atoms with Gasteiger partial charge in [0, 0.05) is 19.6 Å². The van der Waals surface area contributed by atoms with Crippen LogP contribution < -0.4 is 5.32 Å². The Morgan fingerprint density at radius 2 is 2.04 bits per heavy atom. The maximum absolute atomic E-state index is 13.9. The van der Waals surface area contributed by atoms with E-state index in [1.54, 1.807) is 18.2 Å². The Morgan fingerprint density at radius 1 is 1.33 bits per heavy atom. The van der Waals surface area contributed by atoms with Crippen LogP contribution in [0.3, 0.4) is 0 Å².